The van der Waals surface area contributed by atoms with Gasteiger partial charge in [0, 0.05) is 5.56 Å². The van der Waals surface area contributed by atoms with E-state index in [9.17, 15) is 35.1 Å². The zero-order chi connectivity index (χ0) is 16.6. The maximum absolute atomic E-state index is 13.8. The van der Waals surface area contributed by atoms with E-state index in [1.165, 1.54) is 0 Å². The Bertz CT molecular complexity index is 496. The minimum absolute atomic E-state index is 0.442. The van der Waals surface area contributed by atoms with Gasteiger partial charge in [-0.3, -0.25) is 0 Å². The molecule has 1 N–H and O–H groups in total. The van der Waals surface area contributed by atoms with Crippen molar-refractivity contribution in [2.75, 3.05) is 7.05 Å². The molecule has 1 nitrogen and oxygen atoms in total. The first-order valence-corrected chi connectivity index (χ1v) is 6.14. The zero-order valence-electron chi connectivity index (χ0n) is 10.2. The molecule has 0 amide bonds. The fraction of sp³-hybridized carbons (Fsp3) is 0.455. The van der Waals surface area contributed by atoms with E-state index in [-0.39, 0.29) is 0 Å². The summed E-state index contributed by atoms with van der Waals surface area (Å²) < 4.78 is 103. The van der Waals surface area contributed by atoms with E-state index in [0.29, 0.717) is 6.07 Å². The third kappa shape index (κ3) is 3.85. The van der Waals surface area contributed by atoms with Gasteiger partial charge in [-0.1, -0.05) is 0 Å². The summed E-state index contributed by atoms with van der Waals surface area (Å²) in [6.45, 7) is 0. The Morgan fingerprint density at radius 1 is 1.00 bits per heavy atom. The Labute approximate surface area is 122 Å². The molecule has 10 heteroatoms. The van der Waals surface area contributed by atoms with E-state index in [1.54, 1.807) is 5.32 Å². The zero-order valence-corrected chi connectivity index (χ0v) is 11.8. The van der Waals surface area contributed by atoms with E-state index >= 15 is 0 Å². The molecule has 0 aliphatic heterocycles. The first-order valence-electron chi connectivity index (χ1n) is 5.35. The summed E-state index contributed by atoms with van der Waals surface area (Å²) in [5.41, 5.74) is -1.33. The van der Waals surface area contributed by atoms with E-state index in [2.05, 4.69) is 15.9 Å². The fourth-order valence-electron chi connectivity index (χ4n) is 1.87. The van der Waals surface area contributed by atoms with Crippen LogP contribution in [0.25, 0.3) is 0 Å². The smallest absolute Gasteiger partial charge is 0.312 e. The highest BCUT2D eigenvalue weighted by molar-refractivity contribution is 9.10. The monoisotopic (exact) mass is 385 g/mol. The molecule has 1 atom stereocenters. The lowest BCUT2D eigenvalue weighted by Crippen LogP contribution is -2.45. The van der Waals surface area contributed by atoms with Gasteiger partial charge in [0.05, 0.1) is 10.5 Å². The molecular weight excluding hydrogens is 378 g/mol. The Morgan fingerprint density at radius 2 is 1.48 bits per heavy atom. The Morgan fingerprint density at radius 3 is 1.86 bits per heavy atom. The van der Waals surface area contributed by atoms with Gasteiger partial charge in [-0.15, -0.1) is 0 Å². The van der Waals surface area contributed by atoms with E-state index in [1.807, 2.05) is 0 Å². The SMILES string of the molecule is CNC(c1c(F)ccc(Br)c1F)C(C(F)(F)F)C(F)(F)F. The van der Waals surface area contributed by atoms with Crippen molar-refractivity contribution in [2.45, 2.75) is 18.4 Å². The van der Waals surface area contributed by atoms with Crippen LogP contribution in [0.1, 0.15) is 11.6 Å². The first kappa shape index (κ1) is 18.1. The lowest BCUT2D eigenvalue weighted by atomic mass is 9.91. The van der Waals surface area contributed by atoms with Crippen LogP contribution in [0.2, 0.25) is 0 Å². The van der Waals surface area contributed by atoms with Gasteiger partial charge >= 0.3 is 12.4 Å². The van der Waals surface area contributed by atoms with Crippen molar-refractivity contribution in [3.05, 3.63) is 33.8 Å². The summed E-state index contributed by atoms with van der Waals surface area (Å²) in [4.78, 5) is 0. The van der Waals surface area contributed by atoms with Crippen molar-refractivity contribution >= 4 is 15.9 Å². The van der Waals surface area contributed by atoms with Crippen molar-refractivity contribution < 1.29 is 35.1 Å². The second-order valence-electron chi connectivity index (χ2n) is 4.08. The molecule has 0 saturated carbocycles. The third-order valence-electron chi connectivity index (χ3n) is 2.74. The number of halogens is 9. The normalized spacial score (nSPS) is 14.6. The second kappa shape index (κ2) is 6.07. The summed E-state index contributed by atoms with van der Waals surface area (Å²) in [6.07, 6.45) is -11.5. The summed E-state index contributed by atoms with van der Waals surface area (Å²) >= 11 is 2.60. The quantitative estimate of drug-likeness (QED) is 0.585. The number of benzene rings is 1. The van der Waals surface area contributed by atoms with Crippen molar-refractivity contribution in [3.8, 4) is 0 Å². The van der Waals surface area contributed by atoms with Crippen molar-refractivity contribution in [3.63, 3.8) is 0 Å². The van der Waals surface area contributed by atoms with Gasteiger partial charge in [-0.25, -0.2) is 8.78 Å². The van der Waals surface area contributed by atoms with Gasteiger partial charge in [0.1, 0.15) is 11.6 Å². The lowest BCUT2D eigenvalue weighted by Gasteiger charge is -2.31. The van der Waals surface area contributed by atoms with Gasteiger partial charge < -0.3 is 5.32 Å². The second-order valence-corrected chi connectivity index (χ2v) is 4.94. The average Bonchev–Trinajstić information content (AvgIpc) is 2.29. The highest BCUT2D eigenvalue weighted by atomic mass is 79.9. The molecule has 21 heavy (non-hydrogen) atoms. The van der Waals surface area contributed by atoms with Crippen LogP contribution in [0.4, 0.5) is 35.1 Å². The minimum Gasteiger partial charge on any atom is -0.312 e. The maximum Gasteiger partial charge on any atom is 0.402 e. The summed E-state index contributed by atoms with van der Waals surface area (Å²) in [7, 11) is 0.759. The standard InChI is InChI=1S/C11H8BrF8N/c1-21-8(9(10(15,16)17)11(18,19)20)6-5(13)3-2-4(12)7(6)14/h2-3,8-9,21H,1H3. The molecule has 0 aromatic heterocycles. The molecule has 1 unspecified atom stereocenters. The van der Waals surface area contributed by atoms with Gasteiger partial charge in [0.15, 0.2) is 5.92 Å². The third-order valence-corrected chi connectivity index (χ3v) is 3.35. The van der Waals surface area contributed by atoms with Crippen molar-refractivity contribution in [2.24, 2.45) is 5.92 Å². The van der Waals surface area contributed by atoms with Crippen molar-refractivity contribution in [1.82, 2.24) is 5.32 Å². The predicted molar refractivity (Wildman–Crippen MR) is 61.5 cm³/mol. The molecule has 0 radical (unpaired) electrons. The molecule has 0 bridgehead atoms. The lowest BCUT2D eigenvalue weighted by molar-refractivity contribution is -0.292. The first-order chi connectivity index (χ1) is 9.41. The van der Waals surface area contributed by atoms with Gasteiger partial charge in [0.25, 0.3) is 0 Å². The number of hydrogen-bond donors (Lipinski definition) is 1. The molecule has 0 fully saturated rings. The van der Waals surface area contributed by atoms with Crippen molar-refractivity contribution in [1.29, 1.82) is 0 Å². The Kier molecular flexibility index (Phi) is 5.25. The van der Waals surface area contributed by atoms with Crippen LogP contribution in [0.5, 0.6) is 0 Å². The molecular formula is C11H8BrF8N. The number of nitrogens with one attached hydrogen (secondary N) is 1. The van der Waals surface area contributed by atoms with Gasteiger partial charge in [0.2, 0.25) is 0 Å². The van der Waals surface area contributed by atoms with E-state index in [4.69, 9.17) is 0 Å². The van der Waals surface area contributed by atoms with Gasteiger partial charge in [-0.05, 0) is 35.1 Å². The topological polar surface area (TPSA) is 12.0 Å². The Balaban J connectivity index is 3.52. The van der Waals surface area contributed by atoms with E-state index in [0.717, 1.165) is 13.1 Å². The molecule has 1 aromatic rings. The molecule has 0 aliphatic rings. The largest absolute Gasteiger partial charge is 0.402 e. The minimum atomic E-state index is -5.73. The summed E-state index contributed by atoms with van der Waals surface area (Å²) in [5.74, 6) is -6.98. The maximum atomic E-state index is 13.8. The predicted octanol–water partition coefficient (Wildman–Crippen LogP) is 4.73. The molecule has 0 aliphatic carbocycles. The molecule has 0 heterocycles. The van der Waals surface area contributed by atoms with Crippen LogP contribution >= 0.6 is 15.9 Å². The summed E-state index contributed by atoms with van der Waals surface area (Å²) in [5, 5.41) is 1.70. The average molecular weight is 386 g/mol. The number of hydrogen-bond acceptors (Lipinski definition) is 1. The van der Waals surface area contributed by atoms with Crippen LogP contribution in [0, 0.1) is 17.6 Å². The van der Waals surface area contributed by atoms with Crippen LogP contribution in [0.3, 0.4) is 0 Å². The van der Waals surface area contributed by atoms with Crippen LogP contribution in [-0.2, 0) is 0 Å². The van der Waals surface area contributed by atoms with Crippen LogP contribution < -0.4 is 5.32 Å². The van der Waals surface area contributed by atoms with Crippen LogP contribution in [-0.4, -0.2) is 19.4 Å². The molecule has 1 aromatic carbocycles. The van der Waals surface area contributed by atoms with Gasteiger partial charge in [-0.2, -0.15) is 26.3 Å². The highest BCUT2D eigenvalue weighted by Crippen LogP contribution is 2.47. The number of rotatable bonds is 3. The van der Waals surface area contributed by atoms with Crippen LogP contribution in [0.15, 0.2) is 16.6 Å². The molecule has 0 saturated heterocycles. The Hall–Kier alpha value is -0.900. The molecule has 0 spiro atoms. The molecule has 120 valence electrons. The summed E-state index contributed by atoms with van der Waals surface area (Å²) in [6, 6.07) is -1.23. The molecule has 1 rings (SSSR count). The fourth-order valence-corrected chi connectivity index (χ4v) is 2.21. The van der Waals surface area contributed by atoms with E-state index < -0.39 is 46.0 Å². The highest BCUT2D eigenvalue weighted by Gasteiger charge is 2.61. The number of alkyl halides is 6.